The molecule has 7 heteroatoms. The molecule has 0 saturated carbocycles. The van der Waals surface area contributed by atoms with E-state index < -0.39 is 17.1 Å². The van der Waals surface area contributed by atoms with Crippen LogP contribution in [0, 0.1) is 5.92 Å². The Morgan fingerprint density at radius 3 is 2.43 bits per heavy atom. The molecule has 0 unspecified atom stereocenters. The van der Waals surface area contributed by atoms with Crippen molar-refractivity contribution in [2.24, 2.45) is 13.0 Å². The van der Waals surface area contributed by atoms with Gasteiger partial charge in [0.15, 0.2) is 0 Å². The molecule has 126 valence electrons. The number of nitrogens with zero attached hydrogens (tertiary/aromatic N) is 2. The summed E-state index contributed by atoms with van der Waals surface area (Å²) in [5.74, 6) is -0.309. The van der Waals surface area contributed by atoms with Crippen molar-refractivity contribution in [2.45, 2.75) is 46.8 Å². The van der Waals surface area contributed by atoms with Gasteiger partial charge in [0.25, 0.3) is 5.56 Å². The molecule has 23 heavy (non-hydrogen) atoms. The lowest BCUT2D eigenvalue weighted by molar-refractivity contribution is 0.00722. The summed E-state index contributed by atoms with van der Waals surface area (Å²) in [5, 5.41) is 1.85. The first-order valence-electron chi connectivity index (χ1n) is 7.47. The number of carbonyl (C=O) groups is 1. The SMILES string of the molecule is CC(C)Cn1c(=O)n(C)c(=O)c2c(C(=O)OC(C)(C)C)csc21. The zero-order chi connectivity index (χ0) is 17.5. The maximum Gasteiger partial charge on any atom is 0.340 e. The summed E-state index contributed by atoms with van der Waals surface area (Å²) < 4.78 is 7.97. The second kappa shape index (κ2) is 5.96. The summed E-state index contributed by atoms with van der Waals surface area (Å²) in [4.78, 5) is 37.7. The van der Waals surface area contributed by atoms with Crippen molar-refractivity contribution in [1.29, 1.82) is 0 Å². The number of hydrogen-bond acceptors (Lipinski definition) is 5. The molecule has 0 saturated heterocycles. The Balaban J connectivity index is 2.73. The maximum absolute atomic E-state index is 12.5. The first kappa shape index (κ1) is 17.5. The minimum Gasteiger partial charge on any atom is -0.456 e. The lowest BCUT2D eigenvalue weighted by atomic mass is 10.1. The van der Waals surface area contributed by atoms with Crippen LogP contribution in [0.5, 0.6) is 0 Å². The highest BCUT2D eigenvalue weighted by Crippen LogP contribution is 2.25. The lowest BCUT2D eigenvalue weighted by Crippen LogP contribution is -2.39. The van der Waals surface area contributed by atoms with Crippen LogP contribution in [0.1, 0.15) is 45.0 Å². The highest BCUT2D eigenvalue weighted by molar-refractivity contribution is 7.17. The number of aromatic nitrogens is 2. The van der Waals surface area contributed by atoms with Gasteiger partial charge in [0, 0.05) is 19.0 Å². The second-order valence-electron chi connectivity index (χ2n) is 6.98. The molecule has 2 aromatic rings. The minimum atomic E-state index is -0.650. The monoisotopic (exact) mass is 338 g/mol. The van der Waals surface area contributed by atoms with Gasteiger partial charge in [-0.1, -0.05) is 13.8 Å². The van der Waals surface area contributed by atoms with E-state index in [0.29, 0.717) is 11.4 Å². The largest absolute Gasteiger partial charge is 0.456 e. The van der Waals surface area contributed by atoms with Gasteiger partial charge in [-0.05, 0) is 26.7 Å². The summed E-state index contributed by atoms with van der Waals surface area (Å²) in [6.45, 7) is 9.78. The highest BCUT2D eigenvalue weighted by atomic mass is 32.1. The van der Waals surface area contributed by atoms with Crippen LogP contribution < -0.4 is 11.2 Å². The third kappa shape index (κ3) is 3.39. The van der Waals surface area contributed by atoms with E-state index in [0.717, 1.165) is 4.57 Å². The summed E-state index contributed by atoms with van der Waals surface area (Å²) >= 11 is 1.22. The zero-order valence-electron chi connectivity index (χ0n) is 14.3. The summed E-state index contributed by atoms with van der Waals surface area (Å²) in [6.07, 6.45) is 0. The van der Waals surface area contributed by atoms with E-state index in [1.165, 1.54) is 18.4 Å². The third-order valence-electron chi connectivity index (χ3n) is 3.22. The number of hydrogen-bond donors (Lipinski definition) is 0. The molecule has 0 amide bonds. The van der Waals surface area contributed by atoms with E-state index in [1.54, 1.807) is 30.7 Å². The predicted molar refractivity (Wildman–Crippen MR) is 91.3 cm³/mol. The van der Waals surface area contributed by atoms with Crippen LogP contribution in [-0.2, 0) is 18.3 Å². The van der Waals surface area contributed by atoms with Crippen LogP contribution in [0.2, 0.25) is 0 Å². The fourth-order valence-corrected chi connectivity index (χ4v) is 3.32. The van der Waals surface area contributed by atoms with Gasteiger partial charge in [-0.3, -0.25) is 13.9 Å². The molecule has 0 aliphatic carbocycles. The standard InChI is InChI=1S/C16H22N2O4S/c1-9(2)7-18-13-11(12(19)17(6)15(18)21)10(8-23-13)14(20)22-16(3,4)5/h8-9H,7H2,1-6H3. The summed E-state index contributed by atoms with van der Waals surface area (Å²) in [5.41, 5.74) is -1.26. The lowest BCUT2D eigenvalue weighted by Gasteiger charge is -2.19. The van der Waals surface area contributed by atoms with Gasteiger partial charge in [0.05, 0.1) is 10.9 Å². The van der Waals surface area contributed by atoms with Crippen LogP contribution >= 0.6 is 11.3 Å². The van der Waals surface area contributed by atoms with E-state index >= 15 is 0 Å². The number of carbonyl (C=O) groups excluding carboxylic acids is 1. The molecule has 0 bridgehead atoms. The molecule has 2 rings (SSSR count). The van der Waals surface area contributed by atoms with Crippen molar-refractivity contribution in [2.75, 3.05) is 0 Å². The molecule has 0 aromatic carbocycles. The van der Waals surface area contributed by atoms with Crippen molar-refractivity contribution in [3.05, 3.63) is 31.8 Å². The Hall–Kier alpha value is -1.89. The molecule has 0 aliphatic rings. The topological polar surface area (TPSA) is 70.3 Å². The fourth-order valence-electron chi connectivity index (χ4n) is 2.28. The number of ether oxygens (including phenoxy) is 1. The Morgan fingerprint density at radius 1 is 1.30 bits per heavy atom. The van der Waals surface area contributed by atoms with Crippen molar-refractivity contribution >= 4 is 27.5 Å². The number of esters is 1. The normalized spacial score (nSPS) is 12.1. The van der Waals surface area contributed by atoms with Crippen molar-refractivity contribution in [1.82, 2.24) is 9.13 Å². The van der Waals surface area contributed by atoms with E-state index in [2.05, 4.69) is 0 Å². The van der Waals surface area contributed by atoms with Gasteiger partial charge < -0.3 is 4.74 Å². The van der Waals surface area contributed by atoms with Gasteiger partial charge >= 0.3 is 11.7 Å². The molecule has 0 radical (unpaired) electrons. The maximum atomic E-state index is 12.5. The Bertz CT molecular complexity index is 865. The number of rotatable bonds is 3. The van der Waals surface area contributed by atoms with Gasteiger partial charge in [0.1, 0.15) is 10.4 Å². The highest BCUT2D eigenvalue weighted by Gasteiger charge is 2.25. The fraction of sp³-hybridized carbons (Fsp3) is 0.562. The van der Waals surface area contributed by atoms with Crippen LogP contribution in [0.15, 0.2) is 15.0 Å². The van der Waals surface area contributed by atoms with Gasteiger partial charge in [-0.2, -0.15) is 0 Å². The average Bonchev–Trinajstić information content (AvgIpc) is 2.83. The van der Waals surface area contributed by atoms with Gasteiger partial charge in [-0.15, -0.1) is 11.3 Å². The summed E-state index contributed by atoms with van der Waals surface area (Å²) in [6, 6.07) is 0. The van der Waals surface area contributed by atoms with Gasteiger partial charge in [0.2, 0.25) is 0 Å². The first-order valence-corrected chi connectivity index (χ1v) is 8.35. The molecule has 0 fully saturated rings. The van der Waals surface area contributed by atoms with Crippen molar-refractivity contribution in [3.8, 4) is 0 Å². The Morgan fingerprint density at radius 2 is 1.91 bits per heavy atom. The molecular weight excluding hydrogens is 316 g/mol. The summed E-state index contributed by atoms with van der Waals surface area (Å²) in [7, 11) is 1.43. The smallest absolute Gasteiger partial charge is 0.340 e. The minimum absolute atomic E-state index is 0.220. The van der Waals surface area contributed by atoms with Crippen molar-refractivity contribution in [3.63, 3.8) is 0 Å². The number of thiophene rings is 1. The molecule has 6 nitrogen and oxygen atoms in total. The van der Waals surface area contributed by atoms with E-state index in [9.17, 15) is 14.4 Å². The Labute approximate surface area is 138 Å². The molecule has 2 heterocycles. The zero-order valence-corrected chi connectivity index (χ0v) is 15.1. The number of fused-ring (bicyclic) bond motifs is 1. The molecular formula is C16H22N2O4S. The van der Waals surface area contributed by atoms with Crippen LogP contribution in [0.4, 0.5) is 0 Å². The van der Waals surface area contributed by atoms with E-state index in [-0.39, 0.29) is 22.6 Å². The van der Waals surface area contributed by atoms with Crippen LogP contribution in [0.25, 0.3) is 10.2 Å². The molecule has 0 aliphatic heterocycles. The van der Waals surface area contributed by atoms with E-state index in [1.807, 2.05) is 13.8 Å². The Kier molecular flexibility index (Phi) is 4.52. The quantitative estimate of drug-likeness (QED) is 0.806. The molecule has 0 atom stereocenters. The van der Waals surface area contributed by atoms with E-state index in [4.69, 9.17) is 4.74 Å². The van der Waals surface area contributed by atoms with Crippen LogP contribution in [0.3, 0.4) is 0 Å². The molecule has 0 spiro atoms. The van der Waals surface area contributed by atoms with Crippen LogP contribution in [-0.4, -0.2) is 20.7 Å². The predicted octanol–water partition coefficient (Wildman–Crippen LogP) is 2.37. The second-order valence-corrected chi connectivity index (χ2v) is 7.84. The third-order valence-corrected chi connectivity index (χ3v) is 4.22. The van der Waals surface area contributed by atoms with Gasteiger partial charge in [-0.25, -0.2) is 9.59 Å². The van der Waals surface area contributed by atoms with Crippen molar-refractivity contribution < 1.29 is 9.53 Å². The molecule has 2 aromatic heterocycles. The average molecular weight is 338 g/mol. The molecule has 0 N–H and O–H groups in total. The first-order chi connectivity index (χ1) is 10.5.